The van der Waals surface area contributed by atoms with E-state index in [0.29, 0.717) is 6.61 Å². The van der Waals surface area contributed by atoms with Crippen LogP contribution in [0.2, 0.25) is 0 Å². The lowest BCUT2D eigenvalue weighted by Gasteiger charge is -2.28. The van der Waals surface area contributed by atoms with Gasteiger partial charge in [-0.05, 0) is 19.3 Å². The van der Waals surface area contributed by atoms with Gasteiger partial charge in [0.1, 0.15) is 11.1 Å². The second-order valence-corrected chi connectivity index (χ2v) is 6.20. The van der Waals surface area contributed by atoms with E-state index in [4.69, 9.17) is 9.84 Å². The smallest absolute Gasteiger partial charge is 0.355 e. The number of aromatic nitrogens is 1. The summed E-state index contributed by atoms with van der Waals surface area (Å²) in [4.78, 5) is 15.9. The van der Waals surface area contributed by atoms with Crippen molar-refractivity contribution < 1.29 is 14.6 Å². The van der Waals surface area contributed by atoms with Gasteiger partial charge in [0.2, 0.25) is 0 Å². The van der Waals surface area contributed by atoms with Gasteiger partial charge in [0.05, 0.1) is 0 Å². The number of hydrogen-bond donors (Lipinski definition) is 1. The van der Waals surface area contributed by atoms with Crippen molar-refractivity contribution in [3.8, 4) is 0 Å². The van der Waals surface area contributed by atoms with Gasteiger partial charge in [-0.2, -0.15) is 0 Å². The molecule has 5 heteroatoms. The van der Waals surface area contributed by atoms with Crippen LogP contribution in [-0.4, -0.2) is 22.7 Å². The SMILES string of the molecule is CCOC(c1nc(C(=O)O)c(C)s1)C(C)(C)C. The normalized spacial score (nSPS) is 13.7. The lowest BCUT2D eigenvalue weighted by Crippen LogP contribution is -2.21. The van der Waals surface area contributed by atoms with Gasteiger partial charge in [0, 0.05) is 11.5 Å². The molecule has 1 heterocycles. The van der Waals surface area contributed by atoms with Gasteiger partial charge in [0.25, 0.3) is 0 Å². The Hall–Kier alpha value is -0.940. The van der Waals surface area contributed by atoms with Crippen LogP contribution in [0.1, 0.15) is 54.2 Å². The van der Waals surface area contributed by atoms with Crippen molar-refractivity contribution in [2.45, 2.75) is 40.7 Å². The van der Waals surface area contributed by atoms with Crippen molar-refractivity contribution in [2.75, 3.05) is 6.61 Å². The molecule has 0 spiro atoms. The summed E-state index contributed by atoms with van der Waals surface area (Å²) in [7, 11) is 0. The highest BCUT2D eigenvalue weighted by Gasteiger charge is 2.31. The zero-order valence-corrected chi connectivity index (χ0v) is 11.7. The molecular weight excluding hydrogens is 238 g/mol. The molecule has 1 N–H and O–H groups in total. The second kappa shape index (κ2) is 5.14. The quantitative estimate of drug-likeness (QED) is 0.899. The molecule has 1 aromatic heterocycles. The van der Waals surface area contributed by atoms with E-state index in [1.807, 2.05) is 6.92 Å². The summed E-state index contributed by atoms with van der Waals surface area (Å²) >= 11 is 1.40. The van der Waals surface area contributed by atoms with Gasteiger partial charge >= 0.3 is 5.97 Å². The number of ether oxygens (including phenoxy) is 1. The number of aromatic carboxylic acids is 1. The first-order valence-electron chi connectivity index (χ1n) is 5.59. The fourth-order valence-electron chi connectivity index (χ4n) is 1.59. The summed E-state index contributed by atoms with van der Waals surface area (Å²) in [6.07, 6.45) is -0.163. The van der Waals surface area contributed by atoms with Crippen LogP contribution in [0.15, 0.2) is 0 Å². The first kappa shape index (κ1) is 14.1. The predicted octanol–water partition coefficient (Wildman–Crippen LogP) is 3.27. The molecule has 0 fully saturated rings. The van der Waals surface area contributed by atoms with Crippen molar-refractivity contribution in [2.24, 2.45) is 5.41 Å². The van der Waals surface area contributed by atoms with Crippen LogP contribution in [-0.2, 0) is 4.74 Å². The van der Waals surface area contributed by atoms with Crippen molar-refractivity contribution in [1.82, 2.24) is 4.98 Å². The molecule has 0 aliphatic rings. The number of carbonyl (C=O) groups is 1. The number of carboxylic acid groups (broad SMARTS) is 1. The first-order valence-corrected chi connectivity index (χ1v) is 6.41. The molecule has 1 rings (SSSR count). The van der Waals surface area contributed by atoms with E-state index < -0.39 is 5.97 Å². The van der Waals surface area contributed by atoms with Crippen molar-refractivity contribution >= 4 is 17.3 Å². The van der Waals surface area contributed by atoms with E-state index in [-0.39, 0.29) is 17.2 Å². The van der Waals surface area contributed by atoms with Gasteiger partial charge in [-0.25, -0.2) is 9.78 Å². The molecule has 0 saturated carbocycles. The number of nitrogens with zero attached hydrogens (tertiary/aromatic N) is 1. The summed E-state index contributed by atoms with van der Waals surface area (Å²) in [6.45, 7) is 10.5. The molecule has 0 amide bonds. The monoisotopic (exact) mass is 257 g/mol. The molecule has 17 heavy (non-hydrogen) atoms. The van der Waals surface area contributed by atoms with Crippen LogP contribution in [0.3, 0.4) is 0 Å². The Morgan fingerprint density at radius 1 is 1.53 bits per heavy atom. The minimum absolute atomic E-state index is 0.101. The number of hydrogen-bond acceptors (Lipinski definition) is 4. The molecule has 0 aromatic carbocycles. The van der Waals surface area contributed by atoms with E-state index in [0.717, 1.165) is 9.88 Å². The van der Waals surface area contributed by atoms with Gasteiger partial charge in [-0.1, -0.05) is 20.8 Å². The maximum atomic E-state index is 11.0. The summed E-state index contributed by atoms with van der Waals surface area (Å²) in [5.74, 6) is -0.978. The highest BCUT2D eigenvalue weighted by atomic mass is 32.1. The Morgan fingerprint density at radius 3 is 2.47 bits per heavy atom. The van der Waals surface area contributed by atoms with Crippen LogP contribution in [0.4, 0.5) is 0 Å². The summed E-state index contributed by atoms with van der Waals surface area (Å²) in [5, 5.41) is 9.74. The van der Waals surface area contributed by atoms with E-state index in [2.05, 4.69) is 25.8 Å². The maximum absolute atomic E-state index is 11.0. The molecule has 0 saturated heterocycles. The zero-order chi connectivity index (χ0) is 13.2. The van der Waals surface area contributed by atoms with E-state index in [9.17, 15) is 4.79 Å². The topological polar surface area (TPSA) is 59.4 Å². The van der Waals surface area contributed by atoms with Gasteiger partial charge in [0.15, 0.2) is 5.69 Å². The molecule has 0 radical (unpaired) electrons. The predicted molar refractivity (Wildman–Crippen MR) is 67.6 cm³/mol. The highest BCUT2D eigenvalue weighted by molar-refractivity contribution is 7.11. The number of rotatable bonds is 4. The number of thiazole rings is 1. The lowest BCUT2D eigenvalue weighted by atomic mass is 9.89. The fourth-order valence-corrected chi connectivity index (χ4v) is 2.79. The molecule has 96 valence electrons. The summed E-state index contributed by atoms with van der Waals surface area (Å²) < 4.78 is 5.70. The average Bonchev–Trinajstić information content (AvgIpc) is 2.54. The molecular formula is C12H19NO3S. The van der Waals surface area contributed by atoms with Crippen molar-refractivity contribution in [3.63, 3.8) is 0 Å². The molecule has 1 unspecified atom stereocenters. The third kappa shape index (κ3) is 3.26. The molecule has 4 nitrogen and oxygen atoms in total. The van der Waals surface area contributed by atoms with Crippen LogP contribution in [0, 0.1) is 12.3 Å². The maximum Gasteiger partial charge on any atom is 0.355 e. The van der Waals surface area contributed by atoms with Crippen LogP contribution < -0.4 is 0 Å². The zero-order valence-electron chi connectivity index (χ0n) is 10.9. The average molecular weight is 257 g/mol. The van der Waals surface area contributed by atoms with Crippen molar-refractivity contribution in [3.05, 3.63) is 15.6 Å². The molecule has 0 bridgehead atoms. The van der Waals surface area contributed by atoms with E-state index in [1.54, 1.807) is 6.92 Å². The minimum Gasteiger partial charge on any atom is -0.476 e. The summed E-state index contributed by atoms with van der Waals surface area (Å²) in [6, 6.07) is 0. The highest BCUT2D eigenvalue weighted by Crippen LogP contribution is 2.38. The second-order valence-electron chi connectivity index (χ2n) is 4.96. The fraction of sp³-hybridized carbons (Fsp3) is 0.667. The Labute approximate surface area is 106 Å². The van der Waals surface area contributed by atoms with Crippen LogP contribution in [0.5, 0.6) is 0 Å². The first-order chi connectivity index (χ1) is 7.77. The largest absolute Gasteiger partial charge is 0.476 e. The number of aryl methyl sites for hydroxylation is 1. The molecule has 0 aliphatic heterocycles. The minimum atomic E-state index is -0.978. The Bertz CT molecular complexity index is 406. The van der Waals surface area contributed by atoms with Crippen molar-refractivity contribution in [1.29, 1.82) is 0 Å². The van der Waals surface area contributed by atoms with Gasteiger partial charge in [-0.3, -0.25) is 0 Å². The van der Waals surface area contributed by atoms with E-state index in [1.165, 1.54) is 11.3 Å². The molecule has 0 aliphatic carbocycles. The van der Waals surface area contributed by atoms with Crippen LogP contribution in [0.25, 0.3) is 0 Å². The summed E-state index contributed by atoms with van der Waals surface area (Å²) in [5.41, 5.74) is 0.0368. The molecule has 1 aromatic rings. The van der Waals surface area contributed by atoms with Crippen LogP contribution >= 0.6 is 11.3 Å². The van der Waals surface area contributed by atoms with Gasteiger partial charge < -0.3 is 9.84 Å². The lowest BCUT2D eigenvalue weighted by molar-refractivity contribution is -0.0134. The Balaban J connectivity index is 3.12. The number of carboxylic acids is 1. The Kier molecular flexibility index (Phi) is 4.27. The third-order valence-electron chi connectivity index (χ3n) is 2.36. The van der Waals surface area contributed by atoms with E-state index >= 15 is 0 Å². The Morgan fingerprint density at radius 2 is 2.12 bits per heavy atom. The molecule has 1 atom stereocenters. The van der Waals surface area contributed by atoms with Gasteiger partial charge in [-0.15, -0.1) is 11.3 Å². The standard InChI is InChI=1S/C12H19NO3S/c1-6-16-9(12(3,4)5)10-13-8(11(14)15)7(2)17-10/h9H,6H2,1-5H3,(H,14,15). The third-order valence-corrected chi connectivity index (χ3v) is 3.37.